The minimum absolute atomic E-state index is 0. The van der Waals surface area contributed by atoms with Crippen LogP contribution in [0.5, 0.6) is 0 Å². The number of carbonyl (C=O) groups excluding carboxylic acids is 1. The van der Waals surface area contributed by atoms with Crippen LogP contribution >= 0.6 is 12.4 Å². The van der Waals surface area contributed by atoms with E-state index in [1.54, 1.807) is 12.1 Å². The van der Waals surface area contributed by atoms with Crippen molar-refractivity contribution >= 4 is 24.0 Å². The number of nitrogens with one attached hydrogen (secondary N) is 2. The molecule has 0 saturated carbocycles. The molecule has 1 amide bonds. The summed E-state index contributed by atoms with van der Waals surface area (Å²) in [5.74, 6) is 0.697. The second kappa shape index (κ2) is 9.38. The van der Waals surface area contributed by atoms with Gasteiger partial charge in [-0.1, -0.05) is 12.1 Å². The van der Waals surface area contributed by atoms with E-state index in [9.17, 15) is 14.9 Å². The largest absolute Gasteiger partial charge is 0.352 e. The van der Waals surface area contributed by atoms with Crippen LogP contribution < -0.4 is 10.6 Å². The molecule has 1 aromatic carbocycles. The number of non-ortho nitro benzene ring substituents is 1. The van der Waals surface area contributed by atoms with E-state index < -0.39 is 4.92 Å². The van der Waals surface area contributed by atoms with Gasteiger partial charge in [0.15, 0.2) is 0 Å². The Morgan fingerprint density at radius 2 is 1.91 bits per heavy atom. The van der Waals surface area contributed by atoms with Crippen molar-refractivity contribution in [2.45, 2.75) is 32.2 Å². The van der Waals surface area contributed by atoms with Crippen LogP contribution in [0.3, 0.4) is 0 Å². The molecule has 1 heterocycles. The Hall–Kier alpha value is -1.66. The van der Waals surface area contributed by atoms with Crippen molar-refractivity contribution in [3.63, 3.8) is 0 Å². The van der Waals surface area contributed by atoms with Gasteiger partial charge in [0.25, 0.3) is 5.69 Å². The first-order valence-electron chi connectivity index (χ1n) is 7.36. The molecule has 1 aliphatic rings. The molecular weight excluding hydrogens is 306 g/mol. The van der Waals surface area contributed by atoms with E-state index in [1.807, 2.05) is 0 Å². The van der Waals surface area contributed by atoms with Crippen molar-refractivity contribution in [3.05, 3.63) is 39.9 Å². The predicted molar refractivity (Wildman–Crippen MR) is 87.0 cm³/mol. The van der Waals surface area contributed by atoms with Crippen LogP contribution in [-0.2, 0) is 11.3 Å². The molecule has 22 heavy (non-hydrogen) atoms. The standard InChI is InChI=1S/C15H21N3O3.ClH/c19-15(6-3-12-7-9-16-10-8-12)17-11-13-1-4-14(5-2-13)18(20)21;/h1-2,4-5,12,16H,3,6-11H2,(H,17,19);1H. The maximum atomic E-state index is 11.8. The zero-order chi connectivity index (χ0) is 15.1. The first-order chi connectivity index (χ1) is 10.1. The molecule has 0 aromatic heterocycles. The summed E-state index contributed by atoms with van der Waals surface area (Å²) >= 11 is 0. The van der Waals surface area contributed by atoms with Crippen molar-refractivity contribution in [3.8, 4) is 0 Å². The number of nitrogens with zero attached hydrogens (tertiary/aromatic N) is 1. The lowest BCUT2D eigenvalue weighted by molar-refractivity contribution is -0.384. The molecule has 0 radical (unpaired) electrons. The maximum absolute atomic E-state index is 11.8. The van der Waals surface area contributed by atoms with Crippen molar-refractivity contribution in [2.24, 2.45) is 5.92 Å². The van der Waals surface area contributed by atoms with Gasteiger partial charge in [0.2, 0.25) is 5.91 Å². The summed E-state index contributed by atoms with van der Waals surface area (Å²) < 4.78 is 0. The van der Waals surface area contributed by atoms with Gasteiger partial charge in [-0.15, -0.1) is 12.4 Å². The fourth-order valence-electron chi connectivity index (χ4n) is 2.53. The van der Waals surface area contributed by atoms with Crippen LogP contribution in [0.25, 0.3) is 0 Å². The van der Waals surface area contributed by atoms with Crippen molar-refractivity contribution in [1.82, 2.24) is 10.6 Å². The number of carbonyl (C=O) groups is 1. The van der Waals surface area contributed by atoms with Crippen molar-refractivity contribution in [2.75, 3.05) is 13.1 Å². The molecule has 1 saturated heterocycles. The van der Waals surface area contributed by atoms with Gasteiger partial charge in [-0.25, -0.2) is 0 Å². The Balaban J connectivity index is 0.00000242. The lowest BCUT2D eigenvalue weighted by atomic mass is 9.93. The SMILES string of the molecule is Cl.O=C(CCC1CCNCC1)NCc1ccc([N+](=O)[O-])cc1. The van der Waals surface area contributed by atoms with Crippen LogP contribution in [0.15, 0.2) is 24.3 Å². The molecule has 2 N–H and O–H groups in total. The molecule has 6 nitrogen and oxygen atoms in total. The summed E-state index contributed by atoms with van der Waals surface area (Å²) in [6.07, 6.45) is 3.79. The molecule has 0 spiro atoms. The second-order valence-corrected chi connectivity index (χ2v) is 5.43. The number of amides is 1. The normalized spacial score (nSPS) is 14.9. The Morgan fingerprint density at radius 1 is 1.27 bits per heavy atom. The highest BCUT2D eigenvalue weighted by molar-refractivity contribution is 5.85. The van der Waals surface area contributed by atoms with E-state index in [2.05, 4.69) is 10.6 Å². The molecule has 0 aliphatic carbocycles. The lowest BCUT2D eigenvalue weighted by Gasteiger charge is -2.22. The third-order valence-electron chi connectivity index (χ3n) is 3.88. The van der Waals surface area contributed by atoms with E-state index in [4.69, 9.17) is 0 Å². The highest BCUT2D eigenvalue weighted by Gasteiger charge is 2.14. The third kappa shape index (κ3) is 5.99. The highest BCUT2D eigenvalue weighted by atomic mass is 35.5. The van der Waals surface area contributed by atoms with Gasteiger partial charge in [-0.05, 0) is 43.8 Å². The van der Waals surface area contributed by atoms with Crippen molar-refractivity contribution in [1.29, 1.82) is 0 Å². The fourth-order valence-corrected chi connectivity index (χ4v) is 2.53. The summed E-state index contributed by atoms with van der Waals surface area (Å²) in [4.78, 5) is 21.9. The average molecular weight is 328 g/mol. The summed E-state index contributed by atoms with van der Waals surface area (Å²) in [5.41, 5.74) is 0.937. The zero-order valence-corrected chi connectivity index (χ0v) is 13.2. The number of hydrogen-bond donors (Lipinski definition) is 2. The minimum Gasteiger partial charge on any atom is -0.352 e. The van der Waals surface area contributed by atoms with Gasteiger partial charge < -0.3 is 10.6 Å². The Kier molecular flexibility index (Phi) is 7.84. The van der Waals surface area contributed by atoms with Crippen LogP contribution in [0.2, 0.25) is 0 Å². The summed E-state index contributed by atoms with van der Waals surface area (Å²) in [6, 6.07) is 6.25. The quantitative estimate of drug-likeness (QED) is 0.620. The fraction of sp³-hybridized carbons (Fsp3) is 0.533. The van der Waals surface area contributed by atoms with Crippen LogP contribution in [0, 0.1) is 16.0 Å². The van der Waals surface area contributed by atoms with Crippen LogP contribution in [0.4, 0.5) is 5.69 Å². The van der Waals surface area contributed by atoms with Crippen LogP contribution in [-0.4, -0.2) is 23.9 Å². The molecule has 0 unspecified atom stereocenters. The second-order valence-electron chi connectivity index (χ2n) is 5.43. The zero-order valence-electron chi connectivity index (χ0n) is 12.4. The summed E-state index contributed by atoms with van der Waals surface area (Å²) in [5, 5.41) is 16.7. The molecule has 0 atom stereocenters. The topological polar surface area (TPSA) is 84.3 Å². The molecule has 2 rings (SSSR count). The third-order valence-corrected chi connectivity index (χ3v) is 3.88. The molecular formula is C15H22ClN3O3. The number of benzene rings is 1. The number of nitro benzene ring substituents is 1. The summed E-state index contributed by atoms with van der Waals surface area (Å²) in [6.45, 7) is 2.52. The van der Waals surface area contributed by atoms with Gasteiger partial charge >= 0.3 is 0 Å². The Bertz CT molecular complexity index is 487. The maximum Gasteiger partial charge on any atom is 0.269 e. The number of rotatable bonds is 6. The number of piperidine rings is 1. The molecule has 0 bridgehead atoms. The van der Waals surface area contributed by atoms with Gasteiger partial charge in [0.05, 0.1) is 4.92 Å². The number of halogens is 1. The Labute approximate surface area is 136 Å². The van der Waals surface area contributed by atoms with E-state index in [-0.39, 0.29) is 24.0 Å². The predicted octanol–water partition coefficient (Wildman–Crippen LogP) is 2.41. The number of nitro groups is 1. The number of hydrogen-bond acceptors (Lipinski definition) is 4. The minimum atomic E-state index is -0.429. The highest BCUT2D eigenvalue weighted by Crippen LogP contribution is 2.17. The van der Waals surface area contributed by atoms with Crippen LogP contribution in [0.1, 0.15) is 31.2 Å². The van der Waals surface area contributed by atoms with Gasteiger partial charge in [-0.2, -0.15) is 0 Å². The molecule has 7 heteroatoms. The molecule has 1 fully saturated rings. The van der Waals surface area contributed by atoms with Gasteiger partial charge in [0.1, 0.15) is 0 Å². The van der Waals surface area contributed by atoms with E-state index >= 15 is 0 Å². The van der Waals surface area contributed by atoms with Crippen molar-refractivity contribution < 1.29 is 9.72 Å². The average Bonchev–Trinajstić information content (AvgIpc) is 2.52. The smallest absolute Gasteiger partial charge is 0.269 e. The van der Waals surface area contributed by atoms with E-state index in [0.717, 1.165) is 37.9 Å². The Morgan fingerprint density at radius 3 is 2.50 bits per heavy atom. The van der Waals surface area contributed by atoms with Gasteiger partial charge in [-0.3, -0.25) is 14.9 Å². The summed E-state index contributed by atoms with van der Waals surface area (Å²) in [7, 11) is 0. The first kappa shape index (κ1) is 18.4. The lowest BCUT2D eigenvalue weighted by Crippen LogP contribution is -2.29. The van der Waals surface area contributed by atoms with Gasteiger partial charge in [0, 0.05) is 25.1 Å². The van der Waals surface area contributed by atoms with E-state index in [0.29, 0.717) is 18.9 Å². The first-order valence-corrected chi connectivity index (χ1v) is 7.36. The molecule has 1 aromatic rings. The molecule has 122 valence electrons. The molecule has 1 aliphatic heterocycles. The monoisotopic (exact) mass is 327 g/mol. The van der Waals surface area contributed by atoms with E-state index in [1.165, 1.54) is 12.1 Å².